The molecule has 27 heavy (non-hydrogen) atoms. The Hall–Kier alpha value is -3.81. The van der Waals surface area contributed by atoms with Crippen molar-refractivity contribution in [3.63, 3.8) is 0 Å². The Kier molecular flexibility index (Phi) is 4.21. The average Bonchev–Trinajstić information content (AvgIpc) is 3.06. The molecule has 0 aliphatic carbocycles. The maximum absolute atomic E-state index is 13.1. The van der Waals surface area contributed by atoms with Crippen molar-refractivity contribution >= 4 is 22.9 Å². The summed E-state index contributed by atoms with van der Waals surface area (Å²) in [5.74, 6) is -0.513. The Morgan fingerprint density at radius 3 is 2.63 bits per heavy atom. The van der Waals surface area contributed by atoms with E-state index in [1.54, 1.807) is 12.1 Å². The van der Waals surface area contributed by atoms with Crippen LogP contribution in [0.5, 0.6) is 0 Å². The highest BCUT2D eigenvalue weighted by Crippen LogP contribution is 2.16. The number of amides is 1. The van der Waals surface area contributed by atoms with Crippen LogP contribution in [-0.4, -0.2) is 25.7 Å². The van der Waals surface area contributed by atoms with Gasteiger partial charge in [-0.1, -0.05) is 12.1 Å². The van der Waals surface area contributed by atoms with Crippen molar-refractivity contribution in [3.05, 3.63) is 76.8 Å². The third-order valence-corrected chi connectivity index (χ3v) is 3.95. The van der Waals surface area contributed by atoms with E-state index in [2.05, 4.69) is 20.4 Å². The van der Waals surface area contributed by atoms with Gasteiger partial charge in [0.2, 0.25) is 11.9 Å². The number of imidazole rings is 1. The van der Waals surface area contributed by atoms with Gasteiger partial charge < -0.3 is 4.98 Å². The summed E-state index contributed by atoms with van der Waals surface area (Å²) in [6.07, 6.45) is 0. The van der Waals surface area contributed by atoms with Crippen LogP contribution in [-0.2, 0) is 11.3 Å². The van der Waals surface area contributed by atoms with E-state index in [1.807, 2.05) is 24.3 Å². The predicted molar refractivity (Wildman–Crippen MR) is 98.6 cm³/mol. The Bertz CT molecular complexity index is 1150. The third-order valence-electron chi connectivity index (χ3n) is 3.95. The van der Waals surface area contributed by atoms with Crippen LogP contribution in [0.25, 0.3) is 22.3 Å². The monoisotopic (exact) mass is 363 g/mol. The molecule has 8 heteroatoms. The molecule has 2 heterocycles. The van der Waals surface area contributed by atoms with Crippen LogP contribution in [0.15, 0.2) is 65.5 Å². The molecule has 0 radical (unpaired) electrons. The molecular formula is C19H14FN5O2. The molecule has 0 bridgehead atoms. The molecular weight excluding hydrogens is 349 g/mol. The van der Waals surface area contributed by atoms with Crippen LogP contribution in [0, 0.1) is 5.82 Å². The van der Waals surface area contributed by atoms with Crippen molar-refractivity contribution < 1.29 is 9.18 Å². The van der Waals surface area contributed by atoms with Crippen LogP contribution >= 0.6 is 0 Å². The largest absolute Gasteiger partial charge is 0.324 e. The van der Waals surface area contributed by atoms with Gasteiger partial charge in [0, 0.05) is 11.6 Å². The average molecular weight is 363 g/mol. The van der Waals surface area contributed by atoms with Crippen molar-refractivity contribution in [1.29, 1.82) is 0 Å². The zero-order valence-corrected chi connectivity index (χ0v) is 14.0. The van der Waals surface area contributed by atoms with Gasteiger partial charge in [0.05, 0.1) is 16.7 Å². The summed E-state index contributed by atoms with van der Waals surface area (Å²) >= 11 is 0. The zero-order chi connectivity index (χ0) is 18.8. The van der Waals surface area contributed by atoms with Crippen molar-refractivity contribution in [3.8, 4) is 11.3 Å². The lowest BCUT2D eigenvalue weighted by molar-refractivity contribution is -0.117. The van der Waals surface area contributed by atoms with Gasteiger partial charge in [-0.15, -0.1) is 0 Å². The number of hydrogen-bond acceptors (Lipinski definition) is 4. The number of carbonyl (C=O) groups is 1. The summed E-state index contributed by atoms with van der Waals surface area (Å²) in [4.78, 5) is 31.5. The minimum atomic E-state index is -0.445. The van der Waals surface area contributed by atoms with Crippen LogP contribution in [0.2, 0.25) is 0 Å². The Labute approximate surface area is 152 Å². The topological polar surface area (TPSA) is 92.7 Å². The van der Waals surface area contributed by atoms with Crippen molar-refractivity contribution in [2.45, 2.75) is 6.54 Å². The van der Waals surface area contributed by atoms with Crippen LogP contribution in [0.4, 0.5) is 10.3 Å². The number of hydrogen-bond donors (Lipinski definition) is 2. The van der Waals surface area contributed by atoms with Gasteiger partial charge in [-0.3, -0.25) is 14.9 Å². The van der Waals surface area contributed by atoms with Crippen molar-refractivity contribution in [2.75, 3.05) is 5.32 Å². The van der Waals surface area contributed by atoms with Crippen LogP contribution < -0.4 is 10.9 Å². The maximum Gasteiger partial charge on any atom is 0.267 e. The lowest BCUT2D eigenvalue weighted by Crippen LogP contribution is -2.29. The lowest BCUT2D eigenvalue weighted by Gasteiger charge is -2.07. The van der Waals surface area contributed by atoms with Gasteiger partial charge in [-0.25, -0.2) is 14.1 Å². The number of benzene rings is 2. The third kappa shape index (κ3) is 3.59. The molecule has 1 amide bonds. The highest BCUT2D eigenvalue weighted by Gasteiger charge is 2.10. The number of aromatic nitrogens is 4. The van der Waals surface area contributed by atoms with Gasteiger partial charge in [0.1, 0.15) is 12.4 Å². The molecule has 0 saturated heterocycles. The minimum absolute atomic E-state index is 0.273. The van der Waals surface area contributed by atoms with E-state index in [4.69, 9.17) is 0 Å². The molecule has 0 fully saturated rings. The molecule has 0 aliphatic rings. The Morgan fingerprint density at radius 1 is 1.07 bits per heavy atom. The summed E-state index contributed by atoms with van der Waals surface area (Å²) in [6, 6.07) is 15.9. The van der Waals surface area contributed by atoms with E-state index < -0.39 is 11.5 Å². The lowest BCUT2D eigenvalue weighted by atomic mass is 10.1. The fourth-order valence-electron chi connectivity index (χ4n) is 2.66. The van der Waals surface area contributed by atoms with Gasteiger partial charge >= 0.3 is 0 Å². The smallest absolute Gasteiger partial charge is 0.267 e. The van der Waals surface area contributed by atoms with E-state index in [0.717, 1.165) is 15.7 Å². The SMILES string of the molecule is O=C(Cn1nc(-c2ccc(F)cc2)ccc1=O)Nc1nc2ccccc2[nH]1. The van der Waals surface area contributed by atoms with E-state index in [-0.39, 0.29) is 12.4 Å². The van der Waals surface area contributed by atoms with Crippen molar-refractivity contribution in [2.24, 2.45) is 0 Å². The van der Waals surface area contributed by atoms with Crippen LogP contribution in [0.3, 0.4) is 0 Å². The molecule has 0 unspecified atom stereocenters. The highest BCUT2D eigenvalue weighted by atomic mass is 19.1. The second-order valence-corrected chi connectivity index (χ2v) is 5.87. The molecule has 4 aromatic rings. The molecule has 7 nitrogen and oxygen atoms in total. The molecule has 2 N–H and O–H groups in total. The molecule has 4 rings (SSSR count). The number of carbonyl (C=O) groups excluding carboxylic acids is 1. The quantitative estimate of drug-likeness (QED) is 0.583. The number of fused-ring (bicyclic) bond motifs is 1. The number of nitrogens with zero attached hydrogens (tertiary/aromatic N) is 3. The number of H-pyrrole nitrogens is 1. The molecule has 0 aliphatic heterocycles. The minimum Gasteiger partial charge on any atom is -0.324 e. The number of aromatic amines is 1. The molecule has 0 atom stereocenters. The zero-order valence-electron chi connectivity index (χ0n) is 14.0. The van der Waals surface area contributed by atoms with E-state index in [1.165, 1.54) is 24.3 Å². The number of nitrogens with one attached hydrogen (secondary N) is 2. The Morgan fingerprint density at radius 2 is 1.85 bits per heavy atom. The first-order valence-corrected chi connectivity index (χ1v) is 8.17. The van der Waals surface area contributed by atoms with Gasteiger partial charge in [-0.05, 0) is 42.5 Å². The molecule has 0 saturated carbocycles. The first-order chi connectivity index (χ1) is 13.1. The Balaban J connectivity index is 1.54. The maximum atomic E-state index is 13.1. The fraction of sp³-hybridized carbons (Fsp3) is 0.0526. The van der Waals surface area contributed by atoms with Gasteiger partial charge in [0.15, 0.2) is 0 Å². The summed E-state index contributed by atoms with van der Waals surface area (Å²) in [5.41, 5.74) is 2.21. The molecule has 0 spiro atoms. The number of halogens is 1. The normalized spacial score (nSPS) is 10.9. The fourth-order valence-corrected chi connectivity index (χ4v) is 2.66. The predicted octanol–water partition coefficient (Wildman–Crippen LogP) is 2.56. The summed E-state index contributed by atoms with van der Waals surface area (Å²) < 4.78 is 14.1. The number of para-hydroxylation sites is 2. The van der Waals surface area contributed by atoms with Gasteiger partial charge in [0.25, 0.3) is 5.56 Å². The standard InChI is InChI=1S/C19H14FN5O2/c20-13-7-5-12(6-8-13)14-9-10-18(27)25(24-14)11-17(26)23-19-21-15-3-1-2-4-16(15)22-19/h1-10H,11H2,(H2,21,22,23,26). The molecule has 2 aromatic heterocycles. The molecule has 134 valence electrons. The highest BCUT2D eigenvalue weighted by molar-refractivity contribution is 5.90. The second kappa shape index (κ2) is 6.83. The summed E-state index contributed by atoms with van der Waals surface area (Å²) in [5, 5.41) is 6.81. The van der Waals surface area contributed by atoms with E-state index in [9.17, 15) is 14.0 Å². The van der Waals surface area contributed by atoms with E-state index in [0.29, 0.717) is 17.2 Å². The number of anilines is 1. The summed E-state index contributed by atoms with van der Waals surface area (Å²) in [7, 11) is 0. The summed E-state index contributed by atoms with van der Waals surface area (Å²) in [6.45, 7) is -0.273. The van der Waals surface area contributed by atoms with Crippen molar-refractivity contribution in [1.82, 2.24) is 19.7 Å². The van der Waals surface area contributed by atoms with Gasteiger partial charge in [-0.2, -0.15) is 5.10 Å². The van der Waals surface area contributed by atoms with E-state index >= 15 is 0 Å². The molecule has 2 aromatic carbocycles. The second-order valence-electron chi connectivity index (χ2n) is 5.87. The first-order valence-electron chi connectivity index (χ1n) is 8.17. The first kappa shape index (κ1) is 16.6. The number of rotatable bonds is 4. The van der Waals surface area contributed by atoms with Crippen LogP contribution in [0.1, 0.15) is 0 Å².